The number of rotatable bonds is 42. The lowest BCUT2D eigenvalue weighted by Gasteiger charge is -2.18. The van der Waals surface area contributed by atoms with Crippen LogP contribution in [0.25, 0.3) is 0 Å². The number of unbranched alkanes of at least 4 members (excludes halogenated alkanes) is 31. The summed E-state index contributed by atoms with van der Waals surface area (Å²) in [5.41, 5.74) is 0. The fraction of sp³-hybridized carbons (Fsp3) is 0.935. The summed E-state index contributed by atoms with van der Waals surface area (Å²) < 4.78 is 16.7. The molecule has 0 saturated heterocycles. The van der Waals surface area contributed by atoms with Gasteiger partial charge < -0.3 is 14.2 Å². The van der Waals surface area contributed by atoms with Crippen LogP contribution in [-0.4, -0.2) is 37.2 Å². The van der Waals surface area contributed by atoms with Crippen molar-refractivity contribution in [1.82, 2.24) is 0 Å². The molecule has 0 fully saturated rings. The molecule has 0 N–H and O–H groups in total. The molecule has 0 aliphatic rings. The van der Waals surface area contributed by atoms with Gasteiger partial charge in [-0.25, -0.2) is 0 Å². The molecule has 1 atom stereocenters. The molecular formula is C46H88O6. The monoisotopic (exact) mass is 737 g/mol. The van der Waals surface area contributed by atoms with Crippen LogP contribution in [0.1, 0.15) is 258 Å². The third-order valence-electron chi connectivity index (χ3n) is 10.4. The number of hydrogen-bond donors (Lipinski definition) is 0. The van der Waals surface area contributed by atoms with Gasteiger partial charge in [0.15, 0.2) is 6.10 Å². The first kappa shape index (κ1) is 50.4. The molecule has 1 unspecified atom stereocenters. The van der Waals surface area contributed by atoms with Crippen LogP contribution < -0.4 is 0 Å². The van der Waals surface area contributed by atoms with Crippen LogP contribution in [0.15, 0.2) is 0 Å². The molecule has 0 aromatic heterocycles. The summed E-state index contributed by atoms with van der Waals surface area (Å²) in [5, 5.41) is 0. The average Bonchev–Trinajstić information content (AvgIpc) is 3.14. The van der Waals surface area contributed by atoms with E-state index in [1.807, 2.05) is 0 Å². The van der Waals surface area contributed by atoms with Crippen molar-refractivity contribution < 1.29 is 28.6 Å². The predicted octanol–water partition coefficient (Wildman–Crippen LogP) is 14.5. The van der Waals surface area contributed by atoms with Crippen molar-refractivity contribution in [3.05, 3.63) is 0 Å². The number of ether oxygens (including phenoxy) is 3. The molecule has 0 aliphatic carbocycles. The van der Waals surface area contributed by atoms with Gasteiger partial charge in [0, 0.05) is 19.3 Å². The zero-order valence-electron chi connectivity index (χ0n) is 35.1. The summed E-state index contributed by atoms with van der Waals surface area (Å²) in [4.78, 5) is 37.6. The van der Waals surface area contributed by atoms with Crippen LogP contribution in [-0.2, 0) is 28.6 Å². The average molecular weight is 737 g/mol. The first-order chi connectivity index (χ1) is 25.5. The second-order valence-corrected chi connectivity index (χ2v) is 15.7. The Morgan fingerprint density at radius 3 is 0.769 bits per heavy atom. The van der Waals surface area contributed by atoms with Crippen molar-refractivity contribution in [1.29, 1.82) is 0 Å². The Morgan fingerprint density at radius 1 is 0.308 bits per heavy atom. The topological polar surface area (TPSA) is 78.9 Å². The van der Waals surface area contributed by atoms with Crippen molar-refractivity contribution in [3.63, 3.8) is 0 Å². The van der Waals surface area contributed by atoms with Crippen LogP contribution in [0.2, 0.25) is 0 Å². The quantitative estimate of drug-likeness (QED) is 0.0353. The van der Waals surface area contributed by atoms with Gasteiger partial charge in [-0.05, 0) is 19.3 Å². The summed E-state index contributed by atoms with van der Waals surface area (Å²) in [6.07, 6.45) is 42.3. The highest BCUT2D eigenvalue weighted by Crippen LogP contribution is 2.16. The molecule has 0 amide bonds. The Bertz CT molecular complexity index is 768. The van der Waals surface area contributed by atoms with E-state index in [1.165, 1.54) is 161 Å². The van der Waals surface area contributed by atoms with E-state index in [9.17, 15) is 14.4 Å². The maximum Gasteiger partial charge on any atom is 0.306 e. The van der Waals surface area contributed by atoms with E-state index in [2.05, 4.69) is 20.8 Å². The zero-order valence-corrected chi connectivity index (χ0v) is 35.1. The van der Waals surface area contributed by atoms with E-state index >= 15 is 0 Å². The largest absolute Gasteiger partial charge is 0.462 e. The fourth-order valence-electron chi connectivity index (χ4n) is 6.85. The summed E-state index contributed by atoms with van der Waals surface area (Å²) in [7, 11) is 0. The molecular weight excluding hydrogens is 648 g/mol. The molecule has 6 nitrogen and oxygen atoms in total. The highest BCUT2D eigenvalue weighted by Gasteiger charge is 2.19. The van der Waals surface area contributed by atoms with E-state index in [4.69, 9.17) is 14.2 Å². The Balaban J connectivity index is 4.28. The number of hydrogen-bond acceptors (Lipinski definition) is 6. The molecule has 52 heavy (non-hydrogen) atoms. The van der Waals surface area contributed by atoms with E-state index in [0.29, 0.717) is 19.3 Å². The molecule has 308 valence electrons. The summed E-state index contributed by atoms with van der Waals surface area (Å²) in [6.45, 7) is 6.62. The Hall–Kier alpha value is -1.59. The molecule has 0 aliphatic heterocycles. The Labute approximate surface area is 323 Å². The number of esters is 3. The lowest BCUT2D eigenvalue weighted by molar-refractivity contribution is -0.167. The Kier molecular flexibility index (Phi) is 40.9. The zero-order chi connectivity index (χ0) is 38.0. The van der Waals surface area contributed by atoms with Crippen LogP contribution in [0.3, 0.4) is 0 Å². The van der Waals surface area contributed by atoms with Crippen molar-refractivity contribution in [2.45, 2.75) is 264 Å². The standard InChI is InChI=1S/C46H88O6/c1-4-7-10-13-16-19-21-23-24-26-27-30-33-36-39-45(48)51-42-43(41-50-44(47)38-35-32-29-18-15-12-9-6-3)52-46(49)40-37-34-31-28-25-22-20-17-14-11-8-5-2/h43H,4-42H2,1-3H3. The molecule has 0 radical (unpaired) electrons. The minimum Gasteiger partial charge on any atom is -0.462 e. The van der Waals surface area contributed by atoms with Crippen molar-refractivity contribution in [2.75, 3.05) is 13.2 Å². The summed E-state index contributed by atoms with van der Waals surface area (Å²) in [6, 6.07) is 0. The second kappa shape index (κ2) is 42.2. The first-order valence-corrected chi connectivity index (χ1v) is 23.0. The molecule has 0 heterocycles. The molecule has 6 heteroatoms. The van der Waals surface area contributed by atoms with Crippen LogP contribution in [0, 0.1) is 0 Å². The minimum absolute atomic E-state index is 0.0628. The van der Waals surface area contributed by atoms with E-state index in [1.54, 1.807) is 0 Å². The van der Waals surface area contributed by atoms with Crippen molar-refractivity contribution in [2.24, 2.45) is 0 Å². The van der Waals surface area contributed by atoms with Gasteiger partial charge >= 0.3 is 17.9 Å². The Morgan fingerprint density at radius 2 is 0.519 bits per heavy atom. The smallest absolute Gasteiger partial charge is 0.306 e. The van der Waals surface area contributed by atoms with Crippen molar-refractivity contribution in [3.8, 4) is 0 Å². The molecule has 0 aromatic carbocycles. The highest BCUT2D eigenvalue weighted by atomic mass is 16.6. The molecule has 0 aromatic rings. The normalized spacial score (nSPS) is 11.8. The highest BCUT2D eigenvalue weighted by molar-refractivity contribution is 5.71. The molecule has 0 rings (SSSR count). The van der Waals surface area contributed by atoms with Gasteiger partial charge in [0.05, 0.1) is 0 Å². The second-order valence-electron chi connectivity index (χ2n) is 15.7. The SMILES string of the molecule is CCCCCCCCCCCCCCCCC(=O)OCC(COC(=O)CCCCCCCCCC)OC(=O)CCCCCCCCCCCCCC. The van der Waals surface area contributed by atoms with E-state index < -0.39 is 6.10 Å². The van der Waals surface area contributed by atoms with Crippen LogP contribution in [0.5, 0.6) is 0 Å². The fourth-order valence-corrected chi connectivity index (χ4v) is 6.85. The third-order valence-corrected chi connectivity index (χ3v) is 10.4. The van der Waals surface area contributed by atoms with Gasteiger partial charge in [0.2, 0.25) is 0 Å². The van der Waals surface area contributed by atoms with Gasteiger partial charge in [-0.2, -0.15) is 0 Å². The summed E-state index contributed by atoms with van der Waals surface area (Å²) in [5.74, 6) is -0.854. The third kappa shape index (κ3) is 39.6. The first-order valence-electron chi connectivity index (χ1n) is 23.0. The number of carbonyl (C=O) groups is 3. The lowest BCUT2D eigenvalue weighted by Crippen LogP contribution is -2.30. The van der Waals surface area contributed by atoms with Gasteiger partial charge in [0.25, 0.3) is 0 Å². The number of carbonyl (C=O) groups excluding carboxylic acids is 3. The summed E-state index contributed by atoms with van der Waals surface area (Å²) >= 11 is 0. The lowest BCUT2D eigenvalue weighted by atomic mass is 10.0. The maximum absolute atomic E-state index is 12.7. The van der Waals surface area contributed by atoms with Gasteiger partial charge in [-0.3, -0.25) is 14.4 Å². The van der Waals surface area contributed by atoms with Crippen LogP contribution in [0.4, 0.5) is 0 Å². The van der Waals surface area contributed by atoms with Gasteiger partial charge in [0.1, 0.15) is 13.2 Å². The molecule has 0 saturated carbocycles. The van der Waals surface area contributed by atoms with E-state index in [-0.39, 0.29) is 31.1 Å². The molecule has 0 bridgehead atoms. The predicted molar refractivity (Wildman–Crippen MR) is 220 cm³/mol. The van der Waals surface area contributed by atoms with E-state index in [0.717, 1.165) is 57.8 Å². The molecule has 0 spiro atoms. The maximum atomic E-state index is 12.7. The van der Waals surface area contributed by atoms with Crippen molar-refractivity contribution >= 4 is 17.9 Å². The van der Waals surface area contributed by atoms with Gasteiger partial charge in [-0.1, -0.05) is 220 Å². The van der Waals surface area contributed by atoms with Gasteiger partial charge in [-0.15, -0.1) is 0 Å². The van der Waals surface area contributed by atoms with Crippen LogP contribution >= 0.6 is 0 Å². The minimum atomic E-state index is -0.757.